The summed E-state index contributed by atoms with van der Waals surface area (Å²) in [6, 6.07) is 19.1. The quantitative estimate of drug-likeness (QED) is 0.0884. The second-order valence-corrected chi connectivity index (χ2v) is 21.4. The zero-order valence-corrected chi connectivity index (χ0v) is 42.5. The van der Waals surface area contributed by atoms with Gasteiger partial charge in [0.15, 0.2) is 5.76 Å². The summed E-state index contributed by atoms with van der Waals surface area (Å²) in [5.41, 5.74) is 4.85. The number of carbonyl (C=O) groups excluding carboxylic acids is 3. The number of aromatic nitrogens is 3. The zero-order chi connectivity index (χ0) is 50.1. The van der Waals surface area contributed by atoms with Crippen LogP contribution in [0.3, 0.4) is 0 Å². The molecule has 1 aliphatic carbocycles. The van der Waals surface area contributed by atoms with Crippen molar-refractivity contribution >= 4 is 46.5 Å². The average Bonchev–Trinajstić information content (AvgIpc) is 4.10. The molecule has 0 spiro atoms. The van der Waals surface area contributed by atoms with E-state index in [2.05, 4.69) is 69.3 Å². The monoisotopic (exact) mass is 991 g/mol. The first-order valence-corrected chi connectivity index (χ1v) is 25.1. The maximum atomic E-state index is 14.2. The molecule has 3 N–H and O–H groups in total. The molecule has 5 heterocycles. The minimum atomic E-state index is -0.843. The van der Waals surface area contributed by atoms with E-state index in [9.17, 15) is 24.8 Å². The highest BCUT2D eigenvalue weighted by Crippen LogP contribution is 2.55. The summed E-state index contributed by atoms with van der Waals surface area (Å²) in [5, 5.41) is 30.7. The number of hydrogen-bond donors (Lipinski definition) is 3. The molecular formula is C52H62ClN9O7S. The van der Waals surface area contributed by atoms with Gasteiger partial charge in [-0.3, -0.25) is 19.3 Å². The number of likely N-dealkylation sites (tertiary alicyclic amines) is 1. The van der Waals surface area contributed by atoms with Crippen LogP contribution in [0.25, 0.3) is 10.4 Å². The Morgan fingerprint density at radius 3 is 2.36 bits per heavy atom. The number of aliphatic hydroxyl groups is 1. The summed E-state index contributed by atoms with van der Waals surface area (Å²) < 4.78 is 18.1. The van der Waals surface area contributed by atoms with Gasteiger partial charge < -0.3 is 39.5 Å². The second-order valence-electron chi connectivity index (χ2n) is 20.2. The number of halogens is 1. The SMILES string of the molecule is Cc1ncsc1-c1ccc([C@H](C)NC(=O)[C@@H]2C[C@@H](O)CN2C(=O)[C@@H](c2cc(OCCN3CCN(c4ccc(C(=O)N[C@H]5C(C)(C)[C@H](Oc6ccc(C#N)c(Cl)c6)C5(C)C)cn4)CC3)no2)C(C)C)cc1. The highest BCUT2D eigenvalue weighted by Gasteiger charge is 2.64. The van der Waals surface area contributed by atoms with E-state index < -0.39 is 28.9 Å². The maximum Gasteiger partial charge on any atom is 0.254 e. The van der Waals surface area contributed by atoms with Crippen LogP contribution in [-0.2, 0) is 9.59 Å². The van der Waals surface area contributed by atoms with E-state index >= 15 is 0 Å². The number of piperazine rings is 1. The van der Waals surface area contributed by atoms with Gasteiger partial charge >= 0.3 is 0 Å². The summed E-state index contributed by atoms with van der Waals surface area (Å²) >= 11 is 7.84. The summed E-state index contributed by atoms with van der Waals surface area (Å²) in [4.78, 5) is 57.5. The number of benzene rings is 2. The van der Waals surface area contributed by atoms with E-state index in [4.69, 9.17) is 25.6 Å². The fourth-order valence-corrected chi connectivity index (χ4v) is 11.6. The van der Waals surface area contributed by atoms with Crippen LogP contribution < -0.4 is 25.0 Å². The molecule has 3 amide bonds. The van der Waals surface area contributed by atoms with E-state index in [0.717, 1.165) is 53.7 Å². The van der Waals surface area contributed by atoms with Gasteiger partial charge in [-0.2, -0.15) is 5.26 Å². The summed E-state index contributed by atoms with van der Waals surface area (Å²) in [5.74, 6) is 0.204. The fourth-order valence-electron chi connectivity index (χ4n) is 10.6. The number of β-amino-alcohol motifs (C(OH)–C–C–N with tert-alkyl or cyclic N) is 1. The van der Waals surface area contributed by atoms with Crippen molar-refractivity contribution in [3.05, 3.63) is 106 Å². The number of nitrogens with one attached hydrogen (secondary N) is 2. The molecule has 2 saturated heterocycles. The zero-order valence-electron chi connectivity index (χ0n) is 40.9. The van der Waals surface area contributed by atoms with Gasteiger partial charge in [-0.05, 0) is 60.3 Å². The van der Waals surface area contributed by atoms with E-state index in [1.54, 1.807) is 41.8 Å². The minimum absolute atomic E-state index is 0.0383. The van der Waals surface area contributed by atoms with Crippen molar-refractivity contribution in [1.82, 2.24) is 35.6 Å². The van der Waals surface area contributed by atoms with Crippen molar-refractivity contribution in [2.45, 2.75) is 98.1 Å². The number of thiazole rings is 1. The van der Waals surface area contributed by atoms with Gasteiger partial charge in [0.25, 0.3) is 11.8 Å². The Balaban J connectivity index is 0.786. The summed E-state index contributed by atoms with van der Waals surface area (Å²) in [6.07, 6.45) is 0.706. The molecule has 370 valence electrons. The standard InChI is InChI=1S/C52H62ClN9O7S/c1-30(2)44(48(66)62-28-37(63)23-40(62)47(65)57-31(3)33-9-11-34(12-10-33)45-32(4)56-29-70-45)41-25-43(59-69-41)67-22-21-60-17-19-61(20-18-60)42-16-14-36(27-55-42)46(64)58-49-51(5,6)50(52(49,7)8)68-38-15-13-35(26-54)39(53)24-38/h9-16,24-25,27,29-31,37,40,44,49-50,63H,17-23,28H2,1-8H3,(H,57,65)(H,58,64)/t31-,37+,40-,44+,49-,50-/m0/s1. The number of aliphatic hydroxyl groups excluding tert-OH is 1. The second kappa shape index (κ2) is 20.7. The molecule has 8 rings (SSSR count). The molecule has 0 radical (unpaired) electrons. The van der Waals surface area contributed by atoms with Crippen molar-refractivity contribution in [1.29, 1.82) is 5.26 Å². The smallest absolute Gasteiger partial charge is 0.254 e. The molecule has 70 heavy (non-hydrogen) atoms. The number of nitrogens with zero attached hydrogens (tertiary/aromatic N) is 7. The lowest BCUT2D eigenvalue weighted by molar-refractivity contribution is -0.164. The predicted octanol–water partition coefficient (Wildman–Crippen LogP) is 7.42. The Kier molecular flexibility index (Phi) is 14.9. The summed E-state index contributed by atoms with van der Waals surface area (Å²) in [7, 11) is 0. The number of hydrogen-bond acceptors (Lipinski definition) is 14. The number of nitriles is 1. The van der Waals surface area contributed by atoms with Crippen LogP contribution in [0.1, 0.15) is 99.8 Å². The third kappa shape index (κ3) is 10.5. The predicted molar refractivity (Wildman–Crippen MR) is 267 cm³/mol. The van der Waals surface area contributed by atoms with Gasteiger partial charge in [-0.25, -0.2) is 9.97 Å². The molecule has 4 atom stereocenters. The van der Waals surface area contributed by atoms with Crippen LogP contribution in [0.2, 0.25) is 5.02 Å². The van der Waals surface area contributed by atoms with Crippen molar-refractivity contribution in [3.63, 3.8) is 0 Å². The number of rotatable bonds is 16. The molecule has 2 aromatic carbocycles. The fraction of sp³-hybridized carbons (Fsp3) is 0.481. The molecule has 16 nitrogen and oxygen atoms in total. The van der Waals surface area contributed by atoms with E-state index in [0.29, 0.717) is 40.8 Å². The highest BCUT2D eigenvalue weighted by atomic mass is 35.5. The van der Waals surface area contributed by atoms with Crippen LogP contribution in [-0.4, -0.2) is 118 Å². The normalized spacial score (nSPS) is 21.6. The maximum absolute atomic E-state index is 14.2. The molecule has 2 aliphatic heterocycles. The first kappa shape index (κ1) is 50.3. The van der Waals surface area contributed by atoms with Crippen molar-refractivity contribution in [3.8, 4) is 28.1 Å². The van der Waals surface area contributed by atoms with Gasteiger partial charge in [0.05, 0.1) is 44.4 Å². The molecule has 18 heteroatoms. The lowest BCUT2D eigenvalue weighted by Crippen LogP contribution is -2.74. The number of amides is 3. The number of ether oxygens (including phenoxy) is 2. The highest BCUT2D eigenvalue weighted by molar-refractivity contribution is 7.13. The lowest BCUT2D eigenvalue weighted by atomic mass is 9.49. The minimum Gasteiger partial charge on any atom is -0.489 e. The molecule has 5 aromatic rings. The number of aryl methyl sites for hydroxylation is 1. The van der Waals surface area contributed by atoms with Crippen molar-refractivity contribution < 1.29 is 33.5 Å². The van der Waals surface area contributed by atoms with Gasteiger partial charge in [0, 0.05) is 80.9 Å². The molecule has 3 aliphatic rings. The molecule has 3 fully saturated rings. The molecule has 1 saturated carbocycles. The average molecular weight is 993 g/mol. The van der Waals surface area contributed by atoms with Gasteiger partial charge in [-0.1, -0.05) is 77.4 Å². The van der Waals surface area contributed by atoms with Gasteiger partial charge in [0.2, 0.25) is 11.8 Å². The largest absolute Gasteiger partial charge is 0.489 e. The van der Waals surface area contributed by atoms with E-state index in [1.165, 1.54) is 4.90 Å². The number of carbonyl (C=O) groups is 3. The Morgan fingerprint density at radius 1 is 1.00 bits per heavy atom. The Hall–Kier alpha value is -6.06. The Labute approximate surface area is 418 Å². The van der Waals surface area contributed by atoms with Gasteiger partial charge in [-0.15, -0.1) is 11.3 Å². The molecule has 0 unspecified atom stereocenters. The van der Waals surface area contributed by atoms with Crippen molar-refractivity contribution in [2.24, 2.45) is 16.7 Å². The summed E-state index contributed by atoms with van der Waals surface area (Å²) in [6.45, 7) is 20.1. The first-order valence-electron chi connectivity index (χ1n) is 23.8. The Morgan fingerprint density at radius 2 is 1.73 bits per heavy atom. The molecule has 3 aromatic heterocycles. The number of pyridine rings is 1. The first-order chi connectivity index (χ1) is 33.3. The van der Waals surface area contributed by atoms with E-state index in [1.807, 2.05) is 69.6 Å². The third-order valence-corrected chi connectivity index (χ3v) is 15.5. The van der Waals surface area contributed by atoms with Crippen LogP contribution in [0, 0.1) is 35.0 Å². The van der Waals surface area contributed by atoms with E-state index in [-0.39, 0.29) is 60.7 Å². The van der Waals surface area contributed by atoms with Gasteiger partial charge in [0.1, 0.15) is 42.3 Å². The van der Waals surface area contributed by atoms with Crippen LogP contribution in [0.5, 0.6) is 11.6 Å². The van der Waals surface area contributed by atoms with Crippen LogP contribution in [0.15, 0.2) is 76.9 Å². The molecular weight excluding hydrogens is 930 g/mol. The third-order valence-electron chi connectivity index (χ3n) is 14.2. The van der Waals surface area contributed by atoms with Crippen LogP contribution >= 0.6 is 22.9 Å². The van der Waals surface area contributed by atoms with Crippen molar-refractivity contribution in [2.75, 3.05) is 50.8 Å². The topological polar surface area (TPSA) is 199 Å². The Bertz CT molecular complexity index is 2690. The molecule has 0 bridgehead atoms. The van der Waals surface area contributed by atoms with Crippen LogP contribution in [0.4, 0.5) is 5.82 Å². The number of anilines is 1. The lowest BCUT2D eigenvalue weighted by Gasteiger charge is -2.63.